The number of nitrogens with zero attached hydrogens (tertiary/aromatic N) is 3. The molecule has 116 valence electrons. The van der Waals surface area contributed by atoms with Crippen LogP contribution in [0.25, 0.3) is 22.6 Å². The van der Waals surface area contributed by atoms with Gasteiger partial charge in [-0.2, -0.15) is 0 Å². The first-order chi connectivity index (χ1) is 11.0. The predicted molar refractivity (Wildman–Crippen MR) is 88.1 cm³/mol. The molecule has 0 unspecified atom stereocenters. The average Bonchev–Trinajstić information content (AvgIpc) is 2.89. The molecule has 0 spiro atoms. The maximum Gasteiger partial charge on any atom is 0.272 e. The van der Waals surface area contributed by atoms with Crippen LogP contribution < -0.4 is 0 Å². The number of aromatic amines is 1. The van der Waals surface area contributed by atoms with Crippen molar-refractivity contribution in [2.45, 2.75) is 20.8 Å². The number of aryl methyl sites for hydroxylation is 3. The van der Waals surface area contributed by atoms with Crippen molar-refractivity contribution in [1.29, 1.82) is 0 Å². The molecule has 2 aromatic heterocycles. The summed E-state index contributed by atoms with van der Waals surface area (Å²) in [6.45, 7) is 5.50. The van der Waals surface area contributed by atoms with Crippen molar-refractivity contribution >= 4 is 5.69 Å². The maximum absolute atomic E-state index is 11.2. The predicted octanol–water partition coefficient (Wildman–Crippen LogP) is 3.97. The summed E-state index contributed by atoms with van der Waals surface area (Å²) in [6, 6.07) is 10.9. The number of hydrogen-bond acceptors (Lipinski definition) is 4. The first-order valence-electron chi connectivity index (χ1n) is 7.22. The number of hydrogen-bond donors (Lipinski definition) is 1. The summed E-state index contributed by atoms with van der Waals surface area (Å²) in [5, 5.41) is 11.2. The van der Waals surface area contributed by atoms with Crippen LogP contribution in [-0.4, -0.2) is 19.9 Å². The summed E-state index contributed by atoms with van der Waals surface area (Å²) in [4.78, 5) is 23.0. The molecule has 2 heterocycles. The SMILES string of the molecule is Cc1cccc(-c2[nH]c(C)nc2-c2ccc(C)c([N+](=O)[O-])c2)n1. The largest absolute Gasteiger partial charge is 0.340 e. The Bertz CT molecular complexity index is 899. The highest BCUT2D eigenvalue weighted by atomic mass is 16.6. The molecular formula is C17H16N4O2. The summed E-state index contributed by atoms with van der Waals surface area (Å²) in [6.07, 6.45) is 0. The number of rotatable bonds is 3. The van der Waals surface area contributed by atoms with E-state index < -0.39 is 0 Å². The van der Waals surface area contributed by atoms with E-state index in [2.05, 4.69) is 15.0 Å². The van der Waals surface area contributed by atoms with Crippen molar-refractivity contribution in [1.82, 2.24) is 15.0 Å². The lowest BCUT2D eigenvalue weighted by atomic mass is 10.0. The normalized spacial score (nSPS) is 10.7. The minimum Gasteiger partial charge on any atom is -0.340 e. The third kappa shape index (κ3) is 2.83. The molecule has 0 radical (unpaired) electrons. The van der Waals surface area contributed by atoms with E-state index in [0.717, 1.165) is 22.9 Å². The summed E-state index contributed by atoms with van der Waals surface area (Å²) < 4.78 is 0. The Labute approximate surface area is 133 Å². The molecule has 6 heteroatoms. The highest BCUT2D eigenvalue weighted by Gasteiger charge is 2.18. The zero-order valence-corrected chi connectivity index (χ0v) is 13.1. The molecule has 0 bridgehead atoms. The van der Waals surface area contributed by atoms with Gasteiger partial charge in [-0.05, 0) is 32.9 Å². The summed E-state index contributed by atoms with van der Waals surface area (Å²) in [5.41, 5.74) is 4.52. The van der Waals surface area contributed by atoms with Gasteiger partial charge in [-0.3, -0.25) is 15.1 Å². The zero-order valence-electron chi connectivity index (χ0n) is 13.1. The molecule has 0 amide bonds. The van der Waals surface area contributed by atoms with Crippen molar-refractivity contribution in [2.75, 3.05) is 0 Å². The second-order valence-corrected chi connectivity index (χ2v) is 5.47. The molecule has 0 saturated carbocycles. The van der Waals surface area contributed by atoms with Crippen molar-refractivity contribution in [3.63, 3.8) is 0 Å². The standard InChI is InChI=1S/C17H16N4O2/c1-10-7-8-13(9-15(10)21(22)23)16-17(20-12(3)19-16)14-6-4-5-11(2)18-14/h4-9H,1-3H3,(H,19,20). The Morgan fingerprint density at radius 1 is 1.09 bits per heavy atom. The third-order valence-electron chi connectivity index (χ3n) is 3.65. The molecule has 0 saturated heterocycles. The minimum atomic E-state index is -0.372. The Morgan fingerprint density at radius 3 is 2.57 bits per heavy atom. The lowest BCUT2D eigenvalue weighted by Crippen LogP contribution is -1.93. The van der Waals surface area contributed by atoms with Crippen molar-refractivity contribution < 1.29 is 4.92 Å². The first-order valence-corrected chi connectivity index (χ1v) is 7.22. The van der Waals surface area contributed by atoms with Crippen LogP contribution in [0.3, 0.4) is 0 Å². The van der Waals surface area contributed by atoms with Gasteiger partial charge in [0.2, 0.25) is 0 Å². The molecule has 1 aromatic carbocycles. The molecule has 3 aromatic rings. The van der Waals surface area contributed by atoms with Crippen LogP contribution in [0, 0.1) is 30.9 Å². The van der Waals surface area contributed by atoms with Gasteiger partial charge >= 0.3 is 0 Å². The summed E-state index contributed by atoms with van der Waals surface area (Å²) in [5.74, 6) is 0.738. The fourth-order valence-corrected chi connectivity index (χ4v) is 2.52. The topological polar surface area (TPSA) is 84.7 Å². The van der Waals surface area contributed by atoms with Crippen LogP contribution in [0.15, 0.2) is 36.4 Å². The van der Waals surface area contributed by atoms with Crippen molar-refractivity contribution in [3.05, 3.63) is 63.6 Å². The maximum atomic E-state index is 11.2. The van der Waals surface area contributed by atoms with Crippen molar-refractivity contribution in [3.8, 4) is 22.6 Å². The number of benzene rings is 1. The van der Waals surface area contributed by atoms with Crippen LogP contribution in [0.1, 0.15) is 17.1 Å². The van der Waals surface area contributed by atoms with Gasteiger partial charge in [0, 0.05) is 22.9 Å². The van der Waals surface area contributed by atoms with Crippen LogP contribution in [0.2, 0.25) is 0 Å². The van der Waals surface area contributed by atoms with Crippen LogP contribution >= 0.6 is 0 Å². The molecule has 3 rings (SSSR count). The molecule has 0 aliphatic carbocycles. The Balaban J connectivity index is 2.18. The van der Waals surface area contributed by atoms with Crippen molar-refractivity contribution in [2.24, 2.45) is 0 Å². The molecule has 0 aliphatic rings. The molecule has 0 atom stereocenters. The molecular weight excluding hydrogens is 292 g/mol. The lowest BCUT2D eigenvalue weighted by Gasteiger charge is -2.05. The van der Waals surface area contributed by atoms with E-state index in [1.54, 1.807) is 19.1 Å². The van der Waals surface area contributed by atoms with Gasteiger partial charge in [-0.25, -0.2) is 4.98 Å². The van der Waals surface area contributed by atoms with Crippen LogP contribution in [0.5, 0.6) is 0 Å². The van der Waals surface area contributed by atoms with Gasteiger partial charge in [0.25, 0.3) is 5.69 Å². The van der Waals surface area contributed by atoms with E-state index in [9.17, 15) is 10.1 Å². The number of aromatic nitrogens is 3. The fourth-order valence-electron chi connectivity index (χ4n) is 2.52. The Hall–Kier alpha value is -3.02. The Morgan fingerprint density at radius 2 is 1.87 bits per heavy atom. The first kappa shape index (κ1) is 14.9. The van der Waals surface area contributed by atoms with E-state index in [-0.39, 0.29) is 10.6 Å². The molecule has 0 aliphatic heterocycles. The smallest absolute Gasteiger partial charge is 0.272 e. The van der Waals surface area contributed by atoms with E-state index in [4.69, 9.17) is 0 Å². The number of H-pyrrole nitrogens is 1. The number of nitro groups is 1. The molecule has 1 N–H and O–H groups in total. The van der Waals surface area contributed by atoms with Crippen LogP contribution in [-0.2, 0) is 0 Å². The summed E-state index contributed by atoms with van der Waals surface area (Å²) in [7, 11) is 0. The molecule has 23 heavy (non-hydrogen) atoms. The molecule has 0 fully saturated rings. The number of imidazole rings is 1. The van der Waals surface area contributed by atoms with Gasteiger partial charge in [0.05, 0.1) is 22.0 Å². The van der Waals surface area contributed by atoms with Gasteiger partial charge in [-0.1, -0.05) is 18.2 Å². The zero-order chi connectivity index (χ0) is 16.6. The number of pyridine rings is 1. The third-order valence-corrected chi connectivity index (χ3v) is 3.65. The highest BCUT2D eigenvalue weighted by Crippen LogP contribution is 2.32. The number of nitro benzene ring substituents is 1. The monoisotopic (exact) mass is 308 g/mol. The Kier molecular flexibility index (Phi) is 3.65. The van der Waals surface area contributed by atoms with Gasteiger partial charge < -0.3 is 4.98 Å². The van der Waals surface area contributed by atoms with Gasteiger partial charge in [0.1, 0.15) is 5.82 Å². The minimum absolute atomic E-state index is 0.0892. The summed E-state index contributed by atoms with van der Waals surface area (Å²) >= 11 is 0. The van der Waals surface area contributed by atoms with E-state index in [1.165, 1.54) is 0 Å². The van der Waals surface area contributed by atoms with E-state index >= 15 is 0 Å². The van der Waals surface area contributed by atoms with E-state index in [0.29, 0.717) is 16.8 Å². The van der Waals surface area contributed by atoms with Crippen LogP contribution in [0.4, 0.5) is 5.69 Å². The highest BCUT2D eigenvalue weighted by molar-refractivity contribution is 5.78. The average molecular weight is 308 g/mol. The lowest BCUT2D eigenvalue weighted by molar-refractivity contribution is -0.385. The second kappa shape index (κ2) is 5.64. The molecule has 6 nitrogen and oxygen atoms in total. The fraction of sp³-hybridized carbons (Fsp3) is 0.176. The van der Waals surface area contributed by atoms with Gasteiger partial charge in [0.15, 0.2) is 0 Å². The second-order valence-electron chi connectivity index (χ2n) is 5.47. The quantitative estimate of drug-likeness (QED) is 0.586. The van der Waals surface area contributed by atoms with E-state index in [1.807, 2.05) is 38.1 Å². The van der Waals surface area contributed by atoms with Gasteiger partial charge in [-0.15, -0.1) is 0 Å². The number of nitrogens with one attached hydrogen (secondary N) is 1.